The number of para-hydroxylation sites is 1. The molecule has 4 heteroatoms. The Hall–Kier alpha value is -2.20. The van der Waals surface area contributed by atoms with E-state index in [9.17, 15) is 13.9 Å². The van der Waals surface area contributed by atoms with E-state index < -0.39 is 17.2 Å². The summed E-state index contributed by atoms with van der Waals surface area (Å²) in [6, 6.07) is 11.9. The molecule has 1 aromatic heterocycles. The van der Waals surface area contributed by atoms with Crippen molar-refractivity contribution in [2.75, 3.05) is 0 Å². The minimum Gasteiger partial charge on any atom is -0.458 e. The van der Waals surface area contributed by atoms with E-state index in [1.165, 1.54) is 6.92 Å². The van der Waals surface area contributed by atoms with Gasteiger partial charge in [-0.25, -0.2) is 8.78 Å². The largest absolute Gasteiger partial charge is 0.458 e. The second-order valence-electron chi connectivity index (χ2n) is 4.88. The van der Waals surface area contributed by atoms with Crippen molar-refractivity contribution in [2.45, 2.75) is 12.5 Å². The molecule has 0 amide bonds. The van der Waals surface area contributed by atoms with Gasteiger partial charge in [-0.15, -0.1) is 0 Å². The topological polar surface area (TPSA) is 33.4 Å². The first-order chi connectivity index (χ1) is 9.46. The fourth-order valence-electron chi connectivity index (χ4n) is 2.20. The third-order valence-electron chi connectivity index (χ3n) is 3.33. The van der Waals surface area contributed by atoms with Crippen molar-refractivity contribution < 1.29 is 18.3 Å². The van der Waals surface area contributed by atoms with Gasteiger partial charge in [-0.05, 0) is 36.8 Å². The summed E-state index contributed by atoms with van der Waals surface area (Å²) in [4.78, 5) is 0. The van der Waals surface area contributed by atoms with E-state index in [1.54, 1.807) is 12.1 Å². The van der Waals surface area contributed by atoms with Crippen LogP contribution in [-0.4, -0.2) is 5.11 Å². The molecule has 102 valence electrons. The van der Waals surface area contributed by atoms with E-state index in [0.717, 1.165) is 23.6 Å². The van der Waals surface area contributed by atoms with Crippen LogP contribution in [0.25, 0.3) is 11.0 Å². The van der Waals surface area contributed by atoms with Crippen LogP contribution in [0.15, 0.2) is 52.9 Å². The van der Waals surface area contributed by atoms with Gasteiger partial charge in [0, 0.05) is 11.5 Å². The second-order valence-corrected chi connectivity index (χ2v) is 4.88. The maximum absolute atomic E-state index is 13.3. The molecule has 0 saturated heterocycles. The number of hydrogen-bond donors (Lipinski definition) is 1. The number of fused-ring (bicyclic) bond motifs is 1. The van der Waals surface area contributed by atoms with Crippen molar-refractivity contribution in [1.29, 1.82) is 0 Å². The summed E-state index contributed by atoms with van der Waals surface area (Å²) >= 11 is 0. The molecule has 1 atom stereocenters. The fraction of sp³-hybridized carbons (Fsp3) is 0.125. The van der Waals surface area contributed by atoms with Crippen molar-refractivity contribution in [3.8, 4) is 0 Å². The maximum atomic E-state index is 13.3. The Balaban J connectivity index is 2.14. The van der Waals surface area contributed by atoms with Crippen LogP contribution in [0.5, 0.6) is 0 Å². The van der Waals surface area contributed by atoms with E-state index in [1.807, 2.05) is 18.2 Å². The number of hydrogen-bond acceptors (Lipinski definition) is 2. The van der Waals surface area contributed by atoms with Gasteiger partial charge in [0.25, 0.3) is 0 Å². The molecule has 1 unspecified atom stereocenters. The highest BCUT2D eigenvalue weighted by atomic mass is 19.1. The van der Waals surface area contributed by atoms with Crippen LogP contribution in [-0.2, 0) is 5.60 Å². The molecule has 1 heterocycles. The molecule has 0 aliphatic carbocycles. The first-order valence-electron chi connectivity index (χ1n) is 6.15. The standard InChI is InChI=1S/C16H12F2O2/c1-16(19,11-7-12(17)9-13(18)8-11)15-6-10-4-2-3-5-14(10)20-15/h2-9,19H,1H3. The summed E-state index contributed by atoms with van der Waals surface area (Å²) in [6.07, 6.45) is 0. The SMILES string of the molecule is CC(O)(c1cc(F)cc(F)c1)c1cc2ccccc2o1. The maximum Gasteiger partial charge on any atom is 0.144 e. The minimum absolute atomic E-state index is 0.106. The van der Waals surface area contributed by atoms with E-state index >= 15 is 0 Å². The van der Waals surface area contributed by atoms with Crippen LogP contribution in [0, 0.1) is 11.6 Å². The van der Waals surface area contributed by atoms with Crippen LogP contribution in [0.2, 0.25) is 0 Å². The molecule has 20 heavy (non-hydrogen) atoms. The molecule has 0 fully saturated rings. The zero-order valence-corrected chi connectivity index (χ0v) is 10.7. The lowest BCUT2D eigenvalue weighted by molar-refractivity contribution is 0.0779. The van der Waals surface area contributed by atoms with Gasteiger partial charge in [0.1, 0.15) is 28.6 Å². The molecule has 2 aromatic carbocycles. The zero-order valence-electron chi connectivity index (χ0n) is 10.7. The Morgan fingerprint density at radius 2 is 1.65 bits per heavy atom. The molecule has 0 spiro atoms. The summed E-state index contributed by atoms with van der Waals surface area (Å²) in [5, 5.41) is 11.4. The van der Waals surface area contributed by atoms with Crippen molar-refractivity contribution in [1.82, 2.24) is 0 Å². The van der Waals surface area contributed by atoms with Gasteiger partial charge in [-0.3, -0.25) is 0 Å². The van der Waals surface area contributed by atoms with Crippen LogP contribution in [0.3, 0.4) is 0 Å². The quantitative estimate of drug-likeness (QED) is 0.767. The number of benzene rings is 2. The average Bonchev–Trinajstić information content (AvgIpc) is 2.82. The molecule has 0 bridgehead atoms. The number of furan rings is 1. The Kier molecular flexibility index (Phi) is 2.83. The predicted molar refractivity (Wildman–Crippen MR) is 71.2 cm³/mol. The molecule has 3 aromatic rings. The minimum atomic E-state index is -1.61. The molecule has 0 aliphatic heterocycles. The monoisotopic (exact) mass is 274 g/mol. The summed E-state index contributed by atoms with van der Waals surface area (Å²) < 4.78 is 32.2. The first-order valence-corrected chi connectivity index (χ1v) is 6.15. The first kappa shape index (κ1) is 12.8. The molecule has 3 rings (SSSR count). The highest BCUT2D eigenvalue weighted by Crippen LogP contribution is 2.33. The zero-order chi connectivity index (χ0) is 14.3. The molecule has 0 aliphatic rings. The number of aliphatic hydroxyl groups is 1. The predicted octanol–water partition coefficient (Wildman–Crippen LogP) is 3.97. The lowest BCUT2D eigenvalue weighted by Gasteiger charge is -2.21. The Labute approximate surface area is 114 Å². The van der Waals surface area contributed by atoms with Crippen LogP contribution in [0.4, 0.5) is 8.78 Å². The van der Waals surface area contributed by atoms with Crippen LogP contribution >= 0.6 is 0 Å². The molecule has 0 radical (unpaired) electrons. The summed E-state index contributed by atoms with van der Waals surface area (Å²) in [5.41, 5.74) is -0.893. The Morgan fingerprint density at radius 3 is 2.30 bits per heavy atom. The van der Waals surface area contributed by atoms with Gasteiger partial charge in [0.15, 0.2) is 0 Å². The Morgan fingerprint density at radius 1 is 1.00 bits per heavy atom. The van der Waals surface area contributed by atoms with Crippen molar-refractivity contribution >= 4 is 11.0 Å². The molecular formula is C16H12F2O2. The van der Waals surface area contributed by atoms with E-state index in [2.05, 4.69) is 0 Å². The van der Waals surface area contributed by atoms with Gasteiger partial charge in [-0.1, -0.05) is 18.2 Å². The van der Waals surface area contributed by atoms with Crippen molar-refractivity contribution in [3.05, 3.63) is 71.5 Å². The Bertz CT molecular complexity index is 722. The van der Waals surface area contributed by atoms with Gasteiger partial charge < -0.3 is 9.52 Å². The number of halogens is 2. The average molecular weight is 274 g/mol. The van der Waals surface area contributed by atoms with E-state index in [4.69, 9.17) is 4.42 Å². The van der Waals surface area contributed by atoms with Gasteiger partial charge in [0.05, 0.1) is 0 Å². The highest BCUT2D eigenvalue weighted by molar-refractivity contribution is 5.78. The van der Waals surface area contributed by atoms with E-state index in [-0.39, 0.29) is 11.3 Å². The van der Waals surface area contributed by atoms with Crippen molar-refractivity contribution in [2.24, 2.45) is 0 Å². The molecular weight excluding hydrogens is 262 g/mol. The summed E-state index contributed by atoms with van der Waals surface area (Å²) in [5.74, 6) is -1.24. The van der Waals surface area contributed by atoms with Gasteiger partial charge >= 0.3 is 0 Å². The smallest absolute Gasteiger partial charge is 0.144 e. The molecule has 1 N–H and O–H groups in total. The third-order valence-corrected chi connectivity index (χ3v) is 3.33. The summed E-state index contributed by atoms with van der Waals surface area (Å²) in [6.45, 7) is 1.44. The van der Waals surface area contributed by atoms with Gasteiger partial charge in [0.2, 0.25) is 0 Å². The van der Waals surface area contributed by atoms with Gasteiger partial charge in [-0.2, -0.15) is 0 Å². The van der Waals surface area contributed by atoms with Crippen LogP contribution in [0.1, 0.15) is 18.2 Å². The van der Waals surface area contributed by atoms with E-state index in [0.29, 0.717) is 5.58 Å². The van der Waals surface area contributed by atoms with Crippen LogP contribution < -0.4 is 0 Å². The fourth-order valence-corrected chi connectivity index (χ4v) is 2.20. The lowest BCUT2D eigenvalue weighted by Crippen LogP contribution is -2.22. The third kappa shape index (κ3) is 2.08. The van der Waals surface area contributed by atoms with Crippen molar-refractivity contribution in [3.63, 3.8) is 0 Å². The highest BCUT2D eigenvalue weighted by Gasteiger charge is 2.30. The second kappa shape index (κ2) is 4.42. The normalized spacial score (nSPS) is 14.4. The lowest BCUT2D eigenvalue weighted by atomic mass is 9.93. The number of rotatable bonds is 2. The molecule has 2 nitrogen and oxygen atoms in total. The molecule has 0 saturated carbocycles. The summed E-state index contributed by atoms with van der Waals surface area (Å²) in [7, 11) is 0.